The number of fused-ring (bicyclic) bond motifs is 2. The van der Waals surface area contributed by atoms with Gasteiger partial charge in [-0.25, -0.2) is 12.1 Å². The van der Waals surface area contributed by atoms with E-state index in [0.29, 0.717) is 0 Å². The second kappa shape index (κ2) is 9.56. The molecule has 0 radical (unpaired) electrons. The van der Waals surface area contributed by atoms with Crippen molar-refractivity contribution in [1.82, 2.24) is 0 Å². The van der Waals surface area contributed by atoms with Crippen molar-refractivity contribution in [3.05, 3.63) is 58.7 Å². The molecule has 1 heteroatoms. The molecule has 4 rings (SSSR count). The Balaban J connectivity index is 0.000000131. The van der Waals surface area contributed by atoms with Gasteiger partial charge in [-0.3, -0.25) is 0 Å². The van der Waals surface area contributed by atoms with Crippen LogP contribution in [0, 0.1) is 0 Å². The van der Waals surface area contributed by atoms with Crippen LogP contribution in [0.2, 0.25) is 0 Å². The summed E-state index contributed by atoms with van der Waals surface area (Å²) in [6.07, 6.45) is 10.9. The predicted octanol–water partition coefficient (Wildman–Crippen LogP) is 5.31. The number of aryl methyl sites for hydroxylation is 4. The van der Waals surface area contributed by atoms with Crippen LogP contribution >= 0.6 is 0 Å². The van der Waals surface area contributed by atoms with Crippen LogP contribution in [0.15, 0.2) is 36.4 Å². The summed E-state index contributed by atoms with van der Waals surface area (Å²) >= 11 is 1.55. The van der Waals surface area contributed by atoms with Crippen molar-refractivity contribution in [3.8, 4) is 0 Å². The van der Waals surface area contributed by atoms with Gasteiger partial charge in [0.2, 0.25) is 0 Å². The summed E-state index contributed by atoms with van der Waals surface area (Å²) in [6.45, 7) is 4.25. The summed E-state index contributed by atoms with van der Waals surface area (Å²) in [5, 5.41) is 0. The largest absolute Gasteiger partial charge is 0.210 e. The van der Waals surface area contributed by atoms with Gasteiger partial charge in [0, 0.05) is 0 Å². The molecule has 0 saturated carbocycles. The second-order valence-corrected chi connectivity index (χ2v) is 9.02. The van der Waals surface area contributed by atoms with Crippen LogP contribution in [0.5, 0.6) is 0 Å². The topological polar surface area (TPSA) is 0 Å². The number of hydrogen-bond acceptors (Lipinski definition) is 0. The smallest absolute Gasteiger partial charge is 0.0512 e. The van der Waals surface area contributed by atoms with Gasteiger partial charge in [0.25, 0.3) is 0 Å². The van der Waals surface area contributed by atoms with E-state index in [2.05, 4.69) is 50.2 Å². The molecule has 0 spiro atoms. The van der Waals surface area contributed by atoms with Gasteiger partial charge >= 0.3 is 41.3 Å². The third kappa shape index (κ3) is 5.92. The van der Waals surface area contributed by atoms with Crippen molar-refractivity contribution in [2.75, 3.05) is 0 Å². The Labute approximate surface area is 151 Å². The third-order valence-corrected chi connectivity index (χ3v) is 4.30. The quantitative estimate of drug-likeness (QED) is 0.550. The van der Waals surface area contributed by atoms with Gasteiger partial charge in [-0.2, -0.15) is 46.5 Å². The summed E-state index contributed by atoms with van der Waals surface area (Å²) in [4.78, 5) is 0. The maximum atomic E-state index is 2.26. The van der Waals surface area contributed by atoms with Crippen molar-refractivity contribution in [2.24, 2.45) is 0 Å². The Hall–Kier alpha value is -0.547. The van der Waals surface area contributed by atoms with E-state index in [9.17, 15) is 0 Å². The molecular formula is C21H28Zr. The van der Waals surface area contributed by atoms with Crippen LogP contribution in [0.4, 0.5) is 0 Å². The fraction of sp³-hybridized carbons (Fsp3) is 0.476. The molecule has 0 aromatic heterocycles. The van der Waals surface area contributed by atoms with E-state index in [4.69, 9.17) is 0 Å². The maximum Gasteiger partial charge on any atom is -0.0512 e. The minimum atomic E-state index is 1.32. The van der Waals surface area contributed by atoms with Crippen molar-refractivity contribution in [2.45, 2.75) is 65.2 Å². The first-order valence-corrected chi connectivity index (χ1v) is 9.88. The van der Waals surface area contributed by atoms with E-state index in [0.717, 1.165) is 0 Å². The molecule has 0 heterocycles. The van der Waals surface area contributed by atoms with Crippen LogP contribution in [-0.2, 0) is 49.9 Å². The monoisotopic (exact) mass is 370 g/mol. The molecule has 2 aliphatic carbocycles. The Bertz CT molecular complexity index is 479. The maximum absolute atomic E-state index is 2.26. The fourth-order valence-electron chi connectivity index (χ4n) is 3.23. The minimum absolute atomic E-state index is 1.32. The summed E-state index contributed by atoms with van der Waals surface area (Å²) < 4.78 is 1.51. The first-order chi connectivity index (χ1) is 10.7. The number of rotatable bonds is 0. The molecule has 0 saturated heterocycles. The minimum Gasteiger partial charge on any atom is -0.210 e. The molecule has 0 aliphatic heterocycles. The normalized spacial score (nSPS) is 15.5. The SMILES string of the molecule is C[C](C)=[Zr+2].c1cc2c([cH-]1)CCCC2.c1cc2c([cH-]1)CCCC2. The van der Waals surface area contributed by atoms with E-state index in [1.54, 1.807) is 46.5 Å². The standard InChI is InChI=1S/2C9H11.C3H6.Zr/c2*1-2-5-9-7-3-6-8(9)4-1;1-3-2;/h2*3,6-7H,1-2,4-5H2;1-2H3;/q2*-1;;+2. The number of hydrogen-bond donors (Lipinski definition) is 0. The zero-order valence-electron chi connectivity index (χ0n) is 14.1. The van der Waals surface area contributed by atoms with Gasteiger partial charge in [0.1, 0.15) is 0 Å². The van der Waals surface area contributed by atoms with Crippen LogP contribution in [0.1, 0.15) is 61.8 Å². The molecule has 2 aromatic carbocycles. The molecule has 116 valence electrons. The molecule has 2 aliphatic rings. The molecule has 22 heavy (non-hydrogen) atoms. The Morgan fingerprint density at radius 1 is 0.773 bits per heavy atom. The van der Waals surface area contributed by atoms with E-state index in [1.807, 2.05) is 0 Å². The van der Waals surface area contributed by atoms with Crippen molar-refractivity contribution in [3.63, 3.8) is 0 Å². The predicted molar refractivity (Wildman–Crippen MR) is 93.7 cm³/mol. The summed E-state index contributed by atoms with van der Waals surface area (Å²) in [7, 11) is 0. The van der Waals surface area contributed by atoms with Crippen molar-refractivity contribution < 1.29 is 24.2 Å². The Morgan fingerprint density at radius 3 is 1.50 bits per heavy atom. The molecule has 0 atom stereocenters. The fourth-order valence-corrected chi connectivity index (χ4v) is 3.23. The molecule has 0 unspecified atom stereocenters. The second-order valence-electron chi connectivity index (χ2n) is 6.57. The van der Waals surface area contributed by atoms with Crippen LogP contribution in [0.25, 0.3) is 0 Å². The molecule has 0 bridgehead atoms. The summed E-state index contributed by atoms with van der Waals surface area (Å²) in [5.41, 5.74) is 6.39. The average molecular weight is 372 g/mol. The van der Waals surface area contributed by atoms with Crippen LogP contribution in [0.3, 0.4) is 0 Å². The zero-order chi connectivity index (χ0) is 15.8. The van der Waals surface area contributed by atoms with E-state index < -0.39 is 0 Å². The molecular weight excluding hydrogens is 343 g/mol. The van der Waals surface area contributed by atoms with Gasteiger partial charge in [0.05, 0.1) is 0 Å². The third-order valence-electron chi connectivity index (χ3n) is 4.30. The van der Waals surface area contributed by atoms with E-state index >= 15 is 0 Å². The Kier molecular flexibility index (Phi) is 7.74. The first kappa shape index (κ1) is 17.8. The van der Waals surface area contributed by atoms with E-state index in [1.165, 1.54) is 54.6 Å². The van der Waals surface area contributed by atoms with Gasteiger partial charge in [-0.15, -0.1) is 0 Å². The summed E-state index contributed by atoms with van der Waals surface area (Å²) in [5.74, 6) is 0. The van der Waals surface area contributed by atoms with Crippen LogP contribution in [-0.4, -0.2) is 3.21 Å². The van der Waals surface area contributed by atoms with Gasteiger partial charge in [-0.1, -0.05) is 51.4 Å². The first-order valence-electron chi connectivity index (χ1n) is 8.65. The zero-order valence-corrected chi connectivity index (χ0v) is 16.6. The van der Waals surface area contributed by atoms with Gasteiger partial charge in [0.15, 0.2) is 0 Å². The van der Waals surface area contributed by atoms with Crippen LogP contribution < -0.4 is 0 Å². The van der Waals surface area contributed by atoms with E-state index in [-0.39, 0.29) is 0 Å². The molecule has 0 fully saturated rings. The van der Waals surface area contributed by atoms with Gasteiger partial charge in [-0.05, 0) is 0 Å². The van der Waals surface area contributed by atoms with Gasteiger partial charge < -0.3 is 0 Å². The molecule has 0 N–H and O–H groups in total. The summed E-state index contributed by atoms with van der Waals surface area (Å²) in [6, 6.07) is 13.4. The molecule has 0 nitrogen and oxygen atoms in total. The average Bonchev–Trinajstić information content (AvgIpc) is 3.16. The van der Waals surface area contributed by atoms with Crippen molar-refractivity contribution in [1.29, 1.82) is 0 Å². The Morgan fingerprint density at radius 2 is 1.14 bits per heavy atom. The molecule has 0 amide bonds. The van der Waals surface area contributed by atoms with Crippen molar-refractivity contribution >= 4 is 3.21 Å². The molecule has 2 aromatic rings.